The fourth-order valence-corrected chi connectivity index (χ4v) is 2.38. The van der Waals surface area contributed by atoms with Gasteiger partial charge in [0, 0.05) is 16.7 Å². The zero-order chi connectivity index (χ0) is 15.1. The van der Waals surface area contributed by atoms with Crippen LogP contribution in [0.2, 0.25) is 0 Å². The molecule has 2 rings (SSSR count). The van der Waals surface area contributed by atoms with E-state index in [1.807, 2.05) is 12.1 Å². The molecule has 0 aliphatic heterocycles. The van der Waals surface area contributed by atoms with Gasteiger partial charge in [0.1, 0.15) is 5.75 Å². The number of ether oxygens (including phenoxy) is 1. The molecule has 112 valence electrons. The van der Waals surface area contributed by atoms with E-state index in [0.717, 1.165) is 41.9 Å². The summed E-state index contributed by atoms with van der Waals surface area (Å²) in [5, 5.41) is 3.47. The van der Waals surface area contributed by atoms with Crippen molar-refractivity contribution in [2.24, 2.45) is 0 Å². The van der Waals surface area contributed by atoms with Crippen LogP contribution in [-0.4, -0.2) is 6.61 Å². The molecular formula is C18H22BrNO. The van der Waals surface area contributed by atoms with Gasteiger partial charge in [0.25, 0.3) is 0 Å². The molecule has 0 aliphatic rings. The molecule has 2 aromatic rings. The number of hydrogen-bond acceptors (Lipinski definition) is 2. The van der Waals surface area contributed by atoms with Gasteiger partial charge in [-0.1, -0.05) is 47.5 Å². The molecule has 0 radical (unpaired) electrons. The predicted octanol–water partition coefficient (Wildman–Crippen LogP) is 5.55. The number of aryl methyl sites for hydroxylation is 1. The molecule has 0 saturated carbocycles. The van der Waals surface area contributed by atoms with E-state index in [-0.39, 0.29) is 0 Å². The lowest BCUT2D eigenvalue weighted by Crippen LogP contribution is -2.01. The van der Waals surface area contributed by atoms with Gasteiger partial charge in [0.05, 0.1) is 6.61 Å². The first-order valence-electron chi connectivity index (χ1n) is 7.41. The number of hydrogen-bond donors (Lipinski definition) is 1. The Morgan fingerprint density at radius 3 is 2.57 bits per heavy atom. The average molecular weight is 348 g/mol. The molecule has 2 aromatic carbocycles. The largest absolute Gasteiger partial charge is 0.494 e. The Bertz CT molecular complexity index is 566. The van der Waals surface area contributed by atoms with Crippen LogP contribution < -0.4 is 10.1 Å². The van der Waals surface area contributed by atoms with Gasteiger partial charge < -0.3 is 10.1 Å². The Morgan fingerprint density at radius 1 is 1.10 bits per heavy atom. The Balaban J connectivity index is 1.90. The molecule has 0 heterocycles. The summed E-state index contributed by atoms with van der Waals surface area (Å²) in [6.07, 6.45) is 2.26. The summed E-state index contributed by atoms with van der Waals surface area (Å²) in [5.74, 6) is 0.950. The number of anilines is 1. The van der Waals surface area contributed by atoms with Crippen LogP contribution in [0.4, 0.5) is 5.69 Å². The fourth-order valence-electron chi connectivity index (χ4n) is 2.02. The molecule has 0 saturated heterocycles. The highest BCUT2D eigenvalue weighted by atomic mass is 79.9. The first kappa shape index (κ1) is 15.9. The lowest BCUT2D eigenvalue weighted by Gasteiger charge is -2.11. The van der Waals surface area contributed by atoms with E-state index in [0.29, 0.717) is 0 Å². The van der Waals surface area contributed by atoms with Crippen LogP contribution in [0.1, 0.15) is 30.9 Å². The van der Waals surface area contributed by atoms with Gasteiger partial charge in [-0.25, -0.2) is 0 Å². The third-order valence-corrected chi connectivity index (χ3v) is 3.87. The minimum atomic E-state index is 0.797. The average Bonchev–Trinajstić information content (AvgIpc) is 2.50. The molecule has 0 amide bonds. The molecular weight excluding hydrogens is 326 g/mol. The van der Waals surface area contributed by atoms with E-state index in [1.165, 1.54) is 11.1 Å². The van der Waals surface area contributed by atoms with Crippen LogP contribution in [0.5, 0.6) is 5.75 Å². The first-order chi connectivity index (χ1) is 10.2. The van der Waals surface area contributed by atoms with E-state index < -0.39 is 0 Å². The molecule has 0 aliphatic carbocycles. The number of halogens is 1. The molecule has 0 atom stereocenters. The maximum absolute atomic E-state index is 5.67. The predicted molar refractivity (Wildman–Crippen MR) is 93.1 cm³/mol. The zero-order valence-electron chi connectivity index (χ0n) is 12.7. The number of rotatable bonds is 7. The minimum Gasteiger partial charge on any atom is -0.494 e. The fraction of sp³-hybridized carbons (Fsp3) is 0.333. The quantitative estimate of drug-likeness (QED) is 0.663. The van der Waals surface area contributed by atoms with Gasteiger partial charge in [0.2, 0.25) is 0 Å². The van der Waals surface area contributed by atoms with Crippen molar-refractivity contribution < 1.29 is 4.74 Å². The molecule has 0 bridgehead atoms. The molecule has 3 heteroatoms. The molecule has 1 N–H and O–H groups in total. The Hall–Kier alpha value is -1.48. The van der Waals surface area contributed by atoms with Crippen LogP contribution in [0, 0.1) is 6.92 Å². The highest BCUT2D eigenvalue weighted by molar-refractivity contribution is 9.10. The van der Waals surface area contributed by atoms with Gasteiger partial charge in [-0.05, 0) is 48.7 Å². The summed E-state index contributed by atoms with van der Waals surface area (Å²) in [4.78, 5) is 0. The van der Waals surface area contributed by atoms with E-state index in [9.17, 15) is 0 Å². The SMILES string of the molecule is CCCCOc1ccc(CNc2cc(Br)ccc2C)cc1. The summed E-state index contributed by atoms with van der Waals surface area (Å²) < 4.78 is 6.77. The van der Waals surface area contributed by atoms with Crippen molar-refractivity contribution in [3.8, 4) is 5.75 Å². The minimum absolute atomic E-state index is 0.797. The maximum atomic E-state index is 5.67. The van der Waals surface area contributed by atoms with Crippen molar-refractivity contribution in [1.82, 2.24) is 0 Å². The maximum Gasteiger partial charge on any atom is 0.119 e. The highest BCUT2D eigenvalue weighted by Crippen LogP contribution is 2.21. The van der Waals surface area contributed by atoms with Crippen LogP contribution >= 0.6 is 15.9 Å². The van der Waals surface area contributed by atoms with Gasteiger partial charge in [-0.3, -0.25) is 0 Å². The van der Waals surface area contributed by atoms with E-state index >= 15 is 0 Å². The van der Waals surface area contributed by atoms with E-state index in [2.05, 4.69) is 65.4 Å². The number of benzene rings is 2. The highest BCUT2D eigenvalue weighted by Gasteiger charge is 2.00. The summed E-state index contributed by atoms with van der Waals surface area (Å²) in [5.41, 5.74) is 3.66. The topological polar surface area (TPSA) is 21.3 Å². The second-order valence-corrected chi connectivity index (χ2v) is 6.07. The molecule has 0 spiro atoms. The van der Waals surface area contributed by atoms with Crippen LogP contribution in [0.25, 0.3) is 0 Å². The van der Waals surface area contributed by atoms with Crippen molar-refractivity contribution in [1.29, 1.82) is 0 Å². The standard InChI is InChI=1S/C18H22BrNO/c1-3-4-11-21-17-9-6-15(7-10-17)13-20-18-12-16(19)8-5-14(18)2/h5-10,12,20H,3-4,11,13H2,1-2H3. The second-order valence-electron chi connectivity index (χ2n) is 5.16. The van der Waals surface area contributed by atoms with Crippen molar-refractivity contribution in [3.63, 3.8) is 0 Å². The molecule has 0 unspecified atom stereocenters. The van der Waals surface area contributed by atoms with E-state index in [1.54, 1.807) is 0 Å². The first-order valence-corrected chi connectivity index (χ1v) is 8.20. The Morgan fingerprint density at radius 2 is 1.86 bits per heavy atom. The van der Waals surface area contributed by atoms with Crippen molar-refractivity contribution >= 4 is 21.6 Å². The molecule has 0 fully saturated rings. The Labute approximate surface area is 135 Å². The number of nitrogens with one attached hydrogen (secondary N) is 1. The summed E-state index contributed by atoms with van der Waals surface area (Å²) >= 11 is 3.51. The van der Waals surface area contributed by atoms with Crippen LogP contribution in [-0.2, 0) is 6.54 Å². The monoisotopic (exact) mass is 347 g/mol. The van der Waals surface area contributed by atoms with E-state index in [4.69, 9.17) is 4.74 Å². The zero-order valence-corrected chi connectivity index (χ0v) is 14.2. The summed E-state index contributed by atoms with van der Waals surface area (Å²) in [6, 6.07) is 14.6. The third kappa shape index (κ3) is 5.09. The summed E-state index contributed by atoms with van der Waals surface area (Å²) in [7, 11) is 0. The van der Waals surface area contributed by atoms with Gasteiger partial charge >= 0.3 is 0 Å². The van der Waals surface area contributed by atoms with Gasteiger partial charge in [0.15, 0.2) is 0 Å². The van der Waals surface area contributed by atoms with Gasteiger partial charge in [-0.2, -0.15) is 0 Å². The normalized spacial score (nSPS) is 10.4. The smallest absolute Gasteiger partial charge is 0.119 e. The Kier molecular flexibility index (Phi) is 6.12. The van der Waals surface area contributed by atoms with Gasteiger partial charge in [-0.15, -0.1) is 0 Å². The van der Waals surface area contributed by atoms with Crippen molar-refractivity contribution in [3.05, 3.63) is 58.1 Å². The number of unbranched alkanes of at least 4 members (excludes halogenated alkanes) is 1. The van der Waals surface area contributed by atoms with Crippen LogP contribution in [0.15, 0.2) is 46.9 Å². The molecule has 0 aromatic heterocycles. The molecule has 21 heavy (non-hydrogen) atoms. The summed E-state index contributed by atoms with van der Waals surface area (Å²) in [6.45, 7) is 5.89. The lowest BCUT2D eigenvalue weighted by molar-refractivity contribution is 0.309. The second kappa shape index (κ2) is 8.08. The van der Waals surface area contributed by atoms with Crippen molar-refractivity contribution in [2.45, 2.75) is 33.2 Å². The van der Waals surface area contributed by atoms with Crippen LogP contribution in [0.3, 0.4) is 0 Å². The molecule has 2 nitrogen and oxygen atoms in total. The third-order valence-electron chi connectivity index (χ3n) is 3.37. The lowest BCUT2D eigenvalue weighted by atomic mass is 10.1. The van der Waals surface area contributed by atoms with Crippen molar-refractivity contribution in [2.75, 3.05) is 11.9 Å².